The molecule has 0 radical (unpaired) electrons. The van der Waals surface area contributed by atoms with Gasteiger partial charge in [0, 0.05) is 18.1 Å². The molecule has 0 amide bonds. The minimum Gasteiger partial charge on any atom is -0.387 e. The van der Waals surface area contributed by atoms with Crippen molar-refractivity contribution in [2.45, 2.75) is 13.0 Å². The first-order chi connectivity index (χ1) is 6.61. The minimum atomic E-state index is -0.577. The number of hydrogen-bond donors (Lipinski definition) is 1. The van der Waals surface area contributed by atoms with Crippen molar-refractivity contribution < 1.29 is 9.50 Å². The molecule has 2 nitrogen and oxygen atoms in total. The fourth-order valence-electron chi connectivity index (χ4n) is 1.75. The van der Waals surface area contributed by atoms with E-state index in [2.05, 4.69) is 0 Å². The number of rotatable bonds is 1. The Balaban J connectivity index is 2.80. The number of aromatic nitrogens is 1. The van der Waals surface area contributed by atoms with Gasteiger partial charge in [0.1, 0.15) is 5.82 Å². The summed E-state index contributed by atoms with van der Waals surface area (Å²) in [6.45, 7) is 1.67. The topological polar surface area (TPSA) is 25.2 Å². The summed E-state index contributed by atoms with van der Waals surface area (Å²) in [6, 6.07) is 6.62. The molecule has 1 N–H and O–H groups in total. The number of nitrogens with zero attached hydrogens (tertiary/aromatic N) is 1. The second-order valence-corrected chi connectivity index (χ2v) is 3.48. The maximum Gasteiger partial charge on any atom is 0.132 e. The summed E-state index contributed by atoms with van der Waals surface area (Å²) in [5.74, 6) is -0.245. The molecular weight excluding hydrogens is 181 g/mol. The Kier molecular flexibility index (Phi) is 2.04. The normalized spacial score (nSPS) is 13.4. The molecule has 14 heavy (non-hydrogen) atoms. The molecule has 1 heterocycles. The highest BCUT2D eigenvalue weighted by Crippen LogP contribution is 2.24. The molecule has 2 rings (SSSR count). The van der Waals surface area contributed by atoms with Crippen LogP contribution in [0, 0.1) is 5.82 Å². The zero-order valence-corrected chi connectivity index (χ0v) is 8.16. The highest BCUT2D eigenvalue weighted by Gasteiger charge is 2.11. The maximum absolute atomic E-state index is 13.3. The van der Waals surface area contributed by atoms with Crippen molar-refractivity contribution in [3.63, 3.8) is 0 Å². The highest BCUT2D eigenvalue weighted by atomic mass is 19.1. The van der Waals surface area contributed by atoms with E-state index >= 15 is 0 Å². The van der Waals surface area contributed by atoms with Crippen LogP contribution in [0.4, 0.5) is 4.39 Å². The molecule has 0 fully saturated rings. The molecule has 0 aliphatic carbocycles. The van der Waals surface area contributed by atoms with E-state index in [1.807, 2.05) is 17.7 Å². The van der Waals surface area contributed by atoms with E-state index < -0.39 is 6.10 Å². The van der Waals surface area contributed by atoms with Gasteiger partial charge in [0.05, 0.1) is 11.6 Å². The average molecular weight is 193 g/mol. The van der Waals surface area contributed by atoms with Crippen molar-refractivity contribution in [3.05, 3.63) is 35.8 Å². The largest absolute Gasteiger partial charge is 0.387 e. The van der Waals surface area contributed by atoms with E-state index in [0.29, 0.717) is 5.39 Å². The molecule has 0 bridgehead atoms. The summed E-state index contributed by atoms with van der Waals surface area (Å²) in [4.78, 5) is 0. The van der Waals surface area contributed by atoms with Crippen LogP contribution in [0.2, 0.25) is 0 Å². The Bertz CT molecular complexity index is 473. The lowest BCUT2D eigenvalue weighted by atomic mass is 10.2. The molecule has 0 saturated carbocycles. The summed E-state index contributed by atoms with van der Waals surface area (Å²) < 4.78 is 15.2. The van der Waals surface area contributed by atoms with E-state index in [0.717, 1.165) is 11.2 Å². The molecule has 0 aliphatic rings. The first-order valence-corrected chi connectivity index (χ1v) is 4.53. The maximum atomic E-state index is 13.3. The first kappa shape index (κ1) is 9.21. The number of aliphatic hydroxyl groups excluding tert-OH is 1. The third-order valence-corrected chi connectivity index (χ3v) is 2.50. The Hall–Kier alpha value is -1.35. The third kappa shape index (κ3) is 1.21. The van der Waals surface area contributed by atoms with Gasteiger partial charge in [-0.25, -0.2) is 4.39 Å². The van der Waals surface area contributed by atoms with E-state index in [9.17, 15) is 9.50 Å². The molecule has 3 heteroatoms. The van der Waals surface area contributed by atoms with Gasteiger partial charge in [0.25, 0.3) is 0 Å². The summed E-state index contributed by atoms with van der Waals surface area (Å²) in [5, 5.41) is 10.0. The van der Waals surface area contributed by atoms with Gasteiger partial charge in [0.2, 0.25) is 0 Å². The lowest BCUT2D eigenvalue weighted by Crippen LogP contribution is -1.99. The van der Waals surface area contributed by atoms with Gasteiger partial charge in [-0.3, -0.25) is 0 Å². The molecule has 1 aromatic carbocycles. The molecule has 74 valence electrons. The smallest absolute Gasteiger partial charge is 0.132 e. The van der Waals surface area contributed by atoms with E-state index in [1.54, 1.807) is 19.1 Å². The van der Waals surface area contributed by atoms with Gasteiger partial charge in [-0.1, -0.05) is 6.07 Å². The van der Waals surface area contributed by atoms with E-state index in [4.69, 9.17) is 0 Å². The zero-order valence-electron chi connectivity index (χ0n) is 8.16. The van der Waals surface area contributed by atoms with Gasteiger partial charge in [-0.05, 0) is 25.1 Å². The molecule has 1 unspecified atom stereocenters. The van der Waals surface area contributed by atoms with Gasteiger partial charge in [-0.2, -0.15) is 0 Å². The standard InChI is InChI=1S/C11H12FNO/c1-7(14)11-6-8-9(12)4-3-5-10(8)13(11)2/h3-7,14H,1-2H3. The SMILES string of the molecule is CC(O)c1cc2c(F)cccc2n1C. The number of fused-ring (bicyclic) bond motifs is 1. The molecule has 2 aromatic rings. The second kappa shape index (κ2) is 3.10. The highest BCUT2D eigenvalue weighted by molar-refractivity contribution is 5.82. The molecule has 0 aliphatic heterocycles. The van der Waals surface area contributed by atoms with Gasteiger partial charge >= 0.3 is 0 Å². The molecule has 1 aromatic heterocycles. The first-order valence-electron chi connectivity index (χ1n) is 4.53. The number of aliphatic hydroxyl groups is 1. The van der Waals surface area contributed by atoms with Crippen molar-refractivity contribution in [3.8, 4) is 0 Å². The molecule has 0 saturated heterocycles. The quantitative estimate of drug-likeness (QED) is 0.739. The summed E-state index contributed by atoms with van der Waals surface area (Å²) in [5.41, 5.74) is 1.53. The van der Waals surface area contributed by atoms with Crippen LogP contribution < -0.4 is 0 Å². The van der Waals surface area contributed by atoms with Crippen molar-refractivity contribution in [1.82, 2.24) is 4.57 Å². The average Bonchev–Trinajstić information content (AvgIpc) is 2.46. The minimum absolute atomic E-state index is 0.245. The van der Waals surface area contributed by atoms with Crippen LogP contribution in [-0.4, -0.2) is 9.67 Å². The second-order valence-electron chi connectivity index (χ2n) is 3.48. The van der Waals surface area contributed by atoms with Crippen LogP contribution in [-0.2, 0) is 7.05 Å². The van der Waals surface area contributed by atoms with Crippen LogP contribution in [0.5, 0.6) is 0 Å². The number of hydrogen-bond acceptors (Lipinski definition) is 1. The lowest BCUT2D eigenvalue weighted by molar-refractivity contribution is 0.191. The summed E-state index contributed by atoms with van der Waals surface area (Å²) in [7, 11) is 1.82. The molecular formula is C11H12FNO. The lowest BCUT2D eigenvalue weighted by Gasteiger charge is -2.05. The third-order valence-electron chi connectivity index (χ3n) is 2.50. The Morgan fingerprint density at radius 1 is 1.43 bits per heavy atom. The van der Waals surface area contributed by atoms with Gasteiger partial charge in [-0.15, -0.1) is 0 Å². The molecule has 1 atom stereocenters. The number of halogens is 1. The molecule has 0 spiro atoms. The van der Waals surface area contributed by atoms with E-state index in [-0.39, 0.29) is 5.82 Å². The van der Waals surface area contributed by atoms with Crippen LogP contribution in [0.3, 0.4) is 0 Å². The summed E-state index contributed by atoms with van der Waals surface area (Å²) >= 11 is 0. The van der Waals surface area contributed by atoms with Crippen molar-refractivity contribution in [2.75, 3.05) is 0 Å². The monoisotopic (exact) mass is 193 g/mol. The Morgan fingerprint density at radius 2 is 2.14 bits per heavy atom. The van der Waals surface area contributed by atoms with Crippen molar-refractivity contribution in [2.24, 2.45) is 7.05 Å². The fourth-order valence-corrected chi connectivity index (χ4v) is 1.75. The van der Waals surface area contributed by atoms with Gasteiger partial charge in [0.15, 0.2) is 0 Å². The van der Waals surface area contributed by atoms with Crippen molar-refractivity contribution in [1.29, 1.82) is 0 Å². The number of benzene rings is 1. The Labute approximate surface area is 81.6 Å². The predicted molar refractivity (Wildman–Crippen MR) is 53.5 cm³/mol. The van der Waals surface area contributed by atoms with Crippen LogP contribution >= 0.6 is 0 Å². The van der Waals surface area contributed by atoms with Crippen LogP contribution in [0.25, 0.3) is 10.9 Å². The zero-order chi connectivity index (χ0) is 10.3. The number of aryl methyl sites for hydroxylation is 1. The van der Waals surface area contributed by atoms with Gasteiger partial charge < -0.3 is 9.67 Å². The van der Waals surface area contributed by atoms with Crippen LogP contribution in [0.15, 0.2) is 24.3 Å². The fraction of sp³-hybridized carbons (Fsp3) is 0.273. The van der Waals surface area contributed by atoms with Crippen LogP contribution in [0.1, 0.15) is 18.7 Å². The van der Waals surface area contributed by atoms with Crippen molar-refractivity contribution >= 4 is 10.9 Å². The predicted octanol–water partition coefficient (Wildman–Crippen LogP) is 2.37. The Morgan fingerprint density at radius 3 is 2.71 bits per heavy atom. The summed E-state index contributed by atoms with van der Waals surface area (Å²) in [6.07, 6.45) is -0.577. The van der Waals surface area contributed by atoms with E-state index in [1.165, 1.54) is 6.07 Å².